The van der Waals surface area contributed by atoms with Crippen LogP contribution in [0, 0.1) is 12.8 Å². The molecule has 0 atom stereocenters. The van der Waals surface area contributed by atoms with Gasteiger partial charge in [0.1, 0.15) is 0 Å². The number of hydrogen-bond donors (Lipinski definition) is 0. The number of carbonyl (C=O) groups excluding carboxylic acids is 2. The number of piperazine rings is 1. The molecule has 4 rings (SSSR count). The van der Waals surface area contributed by atoms with Crippen molar-refractivity contribution in [3.8, 4) is 5.69 Å². The van der Waals surface area contributed by atoms with Crippen molar-refractivity contribution in [2.24, 2.45) is 5.92 Å². The Bertz CT molecular complexity index is 1100. The van der Waals surface area contributed by atoms with Crippen LogP contribution in [0.25, 0.3) is 5.69 Å². The van der Waals surface area contributed by atoms with Crippen molar-refractivity contribution in [2.45, 2.75) is 32.4 Å². The number of hydrogen-bond acceptors (Lipinski definition) is 4. The lowest BCUT2D eigenvalue weighted by atomic mass is 9.84. The molecule has 1 aromatic heterocycles. The highest BCUT2D eigenvalue weighted by atomic mass is 19.4. The quantitative estimate of drug-likeness (QED) is 0.724. The summed E-state index contributed by atoms with van der Waals surface area (Å²) in [6.07, 6.45) is -1.78. The molecule has 1 aliphatic heterocycles. The number of carbonyl (C=O) groups is 2. The van der Waals surface area contributed by atoms with Crippen molar-refractivity contribution < 1.29 is 22.8 Å². The highest BCUT2D eigenvalue weighted by Gasteiger charge is 2.35. The van der Waals surface area contributed by atoms with E-state index in [-0.39, 0.29) is 36.3 Å². The third-order valence-electron chi connectivity index (χ3n) is 6.08. The van der Waals surface area contributed by atoms with Gasteiger partial charge in [-0.05, 0) is 31.9 Å². The van der Waals surface area contributed by atoms with E-state index in [1.807, 2.05) is 0 Å². The lowest BCUT2D eigenvalue weighted by molar-refractivity contribution is -0.139. The van der Waals surface area contributed by atoms with Gasteiger partial charge in [-0.2, -0.15) is 18.3 Å². The molecule has 0 spiro atoms. The van der Waals surface area contributed by atoms with Crippen LogP contribution < -0.4 is 5.43 Å². The molecule has 2 amide bonds. The molecule has 0 radical (unpaired) electrons. The zero-order valence-corrected chi connectivity index (χ0v) is 17.6. The molecule has 2 aliphatic rings. The minimum absolute atomic E-state index is 0.0666. The molecule has 1 aliphatic carbocycles. The maximum atomic E-state index is 13.5. The van der Waals surface area contributed by atoms with Gasteiger partial charge in [0.05, 0.1) is 11.3 Å². The monoisotopic (exact) mass is 448 g/mol. The predicted octanol–water partition coefficient (Wildman–Crippen LogP) is 2.64. The molecule has 32 heavy (non-hydrogen) atoms. The van der Waals surface area contributed by atoms with Crippen molar-refractivity contribution >= 4 is 11.8 Å². The summed E-state index contributed by atoms with van der Waals surface area (Å²) in [7, 11) is 0. The van der Waals surface area contributed by atoms with Gasteiger partial charge in [-0.1, -0.05) is 18.6 Å². The highest BCUT2D eigenvalue weighted by molar-refractivity contribution is 5.92. The number of aryl methyl sites for hydroxylation is 1. The number of aromatic nitrogens is 2. The lowest BCUT2D eigenvalue weighted by Crippen LogP contribution is -2.53. The second-order valence-corrected chi connectivity index (χ2v) is 8.17. The lowest BCUT2D eigenvalue weighted by Gasteiger charge is -2.38. The van der Waals surface area contributed by atoms with E-state index in [4.69, 9.17) is 0 Å². The Hall–Kier alpha value is -3.17. The Morgan fingerprint density at radius 1 is 1.03 bits per heavy atom. The number of nitrogens with zero attached hydrogens (tertiary/aromatic N) is 4. The van der Waals surface area contributed by atoms with E-state index in [0.717, 1.165) is 36.1 Å². The van der Waals surface area contributed by atoms with Gasteiger partial charge in [-0.25, -0.2) is 4.68 Å². The number of halogens is 3. The summed E-state index contributed by atoms with van der Waals surface area (Å²) >= 11 is 0. The van der Waals surface area contributed by atoms with Gasteiger partial charge in [0.25, 0.3) is 5.91 Å². The largest absolute Gasteiger partial charge is 0.418 e. The molecular weight excluding hydrogens is 425 g/mol. The van der Waals surface area contributed by atoms with Crippen molar-refractivity contribution in [3.63, 3.8) is 0 Å². The van der Waals surface area contributed by atoms with Gasteiger partial charge in [0.15, 0.2) is 5.69 Å². The molecule has 1 saturated carbocycles. The molecule has 170 valence electrons. The fraction of sp³-hybridized carbons (Fsp3) is 0.455. The minimum Gasteiger partial charge on any atom is -0.339 e. The predicted molar refractivity (Wildman–Crippen MR) is 109 cm³/mol. The zero-order valence-electron chi connectivity index (χ0n) is 17.6. The Labute approximate surface area is 182 Å². The SMILES string of the molecule is Cc1cc(=O)c(C(=O)N2CCN(C(=O)C3CCC3)CC2)nn1-c1ccccc1C(F)(F)F. The molecule has 0 bridgehead atoms. The molecule has 0 unspecified atom stereocenters. The number of alkyl halides is 3. The van der Waals surface area contributed by atoms with E-state index in [2.05, 4.69) is 5.10 Å². The Morgan fingerprint density at radius 2 is 1.66 bits per heavy atom. The Morgan fingerprint density at radius 3 is 2.25 bits per heavy atom. The molecule has 0 N–H and O–H groups in total. The van der Waals surface area contributed by atoms with E-state index in [0.29, 0.717) is 13.1 Å². The molecule has 10 heteroatoms. The average Bonchev–Trinajstić information content (AvgIpc) is 2.71. The van der Waals surface area contributed by atoms with E-state index >= 15 is 0 Å². The Kier molecular flexibility index (Phi) is 5.79. The fourth-order valence-corrected chi connectivity index (χ4v) is 4.03. The van der Waals surface area contributed by atoms with Crippen molar-refractivity contribution in [3.05, 3.63) is 57.5 Å². The topological polar surface area (TPSA) is 75.5 Å². The first-order chi connectivity index (χ1) is 15.2. The normalized spacial score (nSPS) is 17.2. The van der Waals surface area contributed by atoms with Gasteiger partial charge in [-0.15, -0.1) is 0 Å². The molecule has 2 fully saturated rings. The smallest absolute Gasteiger partial charge is 0.339 e. The van der Waals surface area contributed by atoms with E-state index in [9.17, 15) is 27.6 Å². The second-order valence-electron chi connectivity index (χ2n) is 8.17. The summed E-state index contributed by atoms with van der Waals surface area (Å²) in [5.74, 6) is -0.483. The number of rotatable bonds is 3. The molecule has 1 aromatic carbocycles. The second kappa shape index (κ2) is 8.40. The summed E-state index contributed by atoms with van der Waals surface area (Å²) < 4.78 is 41.4. The summed E-state index contributed by atoms with van der Waals surface area (Å²) in [6.45, 7) is 2.66. The van der Waals surface area contributed by atoms with E-state index < -0.39 is 28.8 Å². The third-order valence-corrected chi connectivity index (χ3v) is 6.08. The number of para-hydroxylation sites is 1. The number of benzene rings is 1. The van der Waals surface area contributed by atoms with Gasteiger partial charge >= 0.3 is 6.18 Å². The highest BCUT2D eigenvalue weighted by Crippen LogP contribution is 2.33. The first kappa shape index (κ1) is 22.0. The molecule has 7 nitrogen and oxygen atoms in total. The van der Waals surface area contributed by atoms with Gasteiger partial charge < -0.3 is 9.80 Å². The van der Waals surface area contributed by atoms with Gasteiger partial charge in [0, 0.05) is 43.9 Å². The van der Waals surface area contributed by atoms with Crippen molar-refractivity contribution in [2.75, 3.05) is 26.2 Å². The van der Waals surface area contributed by atoms with E-state index in [1.165, 1.54) is 30.0 Å². The zero-order chi connectivity index (χ0) is 23.0. The molecule has 2 aromatic rings. The Balaban J connectivity index is 1.58. The van der Waals surface area contributed by atoms with Crippen molar-refractivity contribution in [1.29, 1.82) is 0 Å². The van der Waals surface area contributed by atoms with Crippen molar-refractivity contribution in [1.82, 2.24) is 19.6 Å². The molecule has 2 heterocycles. The fourth-order valence-electron chi connectivity index (χ4n) is 4.03. The van der Waals surface area contributed by atoms with Crippen LogP contribution >= 0.6 is 0 Å². The van der Waals surface area contributed by atoms with Crippen LogP contribution in [0.1, 0.15) is 41.0 Å². The standard InChI is InChI=1S/C22H23F3N4O3/c1-14-13-18(30)19(26-29(14)17-8-3-2-7-16(17)22(23,24)25)21(32)28-11-9-27(10-12-28)20(31)15-5-4-6-15/h2-3,7-8,13,15H,4-6,9-12H2,1H3. The first-order valence-electron chi connectivity index (χ1n) is 10.5. The minimum atomic E-state index is -4.62. The van der Waals surface area contributed by atoms with Crippen LogP contribution in [0.4, 0.5) is 13.2 Å². The van der Waals surface area contributed by atoms with Crippen LogP contribution in [0.15, 0.2) is 35.1 Å². The maximum absolute atomic E-state index is 13.5. The van der Waals surface area contributed by atoms with Crippen LogP contribution in [0.3, 0.4) is 0 Å². The summed E-state index contributed by atoms with van der Waals surface area (Å²) in [5.41, 5.74) is -2.09. The summed E-state index contributed by atoms with van der Waals surface area (Å²) in [6, 6.07) is 5.98. The van der Waals surface area contributed by atoms with Gasteiger partial charge in [0.2, 0.25) is 11.3 Å². The third kappa shape index (κ3) is 4.13. The van der Waals surface area contributed by atoms with Gasteiger partial charge in [-0.3, -0.25) is 14.4 Å². The molecular formula is C22H23F3N4O3. The van der Waals surface area contributed by atoms with Crippen LogP contribution in [0.5, 0.6) is 0 Å². The van der Waals surface area contributed by atoms with Crippen LogP contribution in [-0.4, -0.2) is 57.6 Å². The van der Waals surface area contributed by atoms with Crippen LogP contribution in [0.2, 0.25) is 0 Å². The molecule has 1 saturated heterocycles. The van der Waals surface area contributed by atoms with E-state index in [1.54, 1.807) is 4.90 Å². The average molecular weight is 448 g/mol. The summed E-state index contributed by atoms with van der Waals surface area (Å²) in [4.78, 5) is 41.0. The van der Waals surface area contributed by atoms with Crippen LogP contribution in [-0.2, 0) is 11.0 Å². The summed E-state index contributed by atoms with van der Waals surface area (Å²) in [5, 5.41) is 4.03. The first-order valence-corrected chi connectivity index (χ1v) is 10.5. The maximum Gasteiger partial charge on any atom is 0.418 e. The number of amides is 2.